The SMILES string of the molecule is CNC(=O)C(=O)Nc1[nH]n([C@H]2CCCC[C@H]2C)c2c1cnc1nccc12. The molecule has 3 aromatic rings. The van der Waals surface area contributed by atoms with Gasteiger partial charge in [-0.25, -0.2) is 9.97 Å². The molecule has 0 spiro atoms. The molecule has 0 aliphatic heterocycles. The first-order chi connectivity index (χ1) is 12.6. The summed E-state index contributed by atoms with van der Waals surface area (Å²) in [6.45, 7) is 2.26. The molecule has 0 aromatic carbocycles. The summed E-state index contributed by atoms with van der Waals surface area (Å²) >= 11 is 0. The number of pyridine rings is 1. The maximum atomic E-state index is 12.1. The second-order valence-electron chi connectivity index (χ2n) is 6.92. The van der Waals surface area contributed by atoms with Gasteiger partial charge in [0.25, 0.3) is 0 Å². The lowest BCUT2D eigenvalue weighted by Crippen LogP contribution is -2.33. The molecule has 8 heteroatoms. The maximum absolute atomic E-state index is 12.1. The van der Waals surface area contributed by atoms with Gasteiger partial charge in [0, 0.05) is 24.8 Å². The lowest BCUT2D eigenvalue weighted by molar-refractivity contribution is -0.135. The van der Waals surface area contributed by atoms with Crippen molar-refractivity contribution in [1.82, 2.24) is 25.1 Å². The molecule has 3 heterocycles. The van der Waals surface area contributed by atoms with Gasteiger partial charge in [-0.05, 0) is 24.8 Å². The lowest BCUT2D eigenvalue weighted by atomic mass is 9.86. The number of likely N-dealkylation sites (N-methyl/N-ethyl adjacent to an activating group) is 1. The highest BCUT2D eigenvalue weighted by atomic mass is 16.2. The van der Waals surface area contributed by atoms with Crippen LogP contribution in [-0.2, 0) is 9.59 Å². The van der Waals surface area contributed by atoms with Crippen LogP contribution in [0, 0.1) is 5.92 Å². The molecule has 3 N–H and O–H groups in total. The van der Waals surface area contributed by atoms with E-state index in [0.717, 1.165) is 22.7 Å². The predicted octanol–water partition coefficient (Wildman–Crippen LogP) is 2.35. The van der Waals surface area contributed by atoms with E-state index in [-0.39, 0.29) is 0 Å². The molecular weight excluding hydrogens is 332 g/mol. The van der Waals surface area contributed by atoms with Crippen LogP contribution >= 0.6 is 0 Å². The summed E-state index contributed by atoms with van der Waals surface area (Å²) in [6, 6.07) is 2.24. The zero-order valence-electron chi connectivity index (χ0n) is 14.9. The Morgan fingerprint density at radius 2 is 2.00 bits per heavy atom. The largest absolute Gasteiger partial charge is 0.351 e. The number of hydrogen-bond acceptors (Lipinski definition) is 4. The number of fused-ring (bicyclic) bond motifs is 3. The number of anilines is 1. The van der Waals surface area contributed by atoms with Crippen LogP contribution in [0.2, 0.25) is 0 Å². The average molecular weight is 354 g/mol. The minimum atomic E-state index is -0.708. The first-order valence-electron chi connectivity index (χ1n) is 8.97. The van der Waals surface area contributed by atoms with E-state index >= 15 is 0 Å². The van der Waals surface area contributed by atoms with Gasteiger partial charge >= 0.3 is 11.8 Å². The standard InChI is InChI=1S/C18H22N6O2/c1-10-5-3-4-6-13(10)24-14-11-7-8-20-15(11)21-9-12(14)16(23-24)22-18(26)17(25)19-2/h7-10,13,23H,3-6H2,1-2H3,(H,19,25)(H,22,26)/t10-,13+/m1/s1. The van der Waals surface area contributed by atoms with Crippen LogP contribution in [0.3, 0.4) is 0 Å². The normalized spacial score (nSPS) is 20.4. The highest BCUT2D eigenvalue weighted by Gasteiger charge is 2.27. The van der Waals surface area contributed by atoms with E-state index in [9.17, 15) is 9.59 Å². The van der Waals surface area contributed by atoms with Crippen LogP contribution in [0.15, 0.2) is 18.5 Å². The van der Waals surface area contributed by atoms with Crippen molar-refractivity contribution in [3.8, 4) is 0 Å². The van der Waals surface area contributed by atoms with Gasteiger partial charge in [-0.1, -0.05) is 19.8 Å². The number of carbonyl (C=O) groups is 2. The molecule has 26 heavy (non-hydrogen) atoms. The number of hydrogen-bond donors (Lipinski definition) is 3. The van der Waals surface area contributed by atoms with Gasteiger partial charge in [0.15, 0.2) is 5.65 Å². The smallest absolute Gasteiger partial charge is 0.314 e. The summed E-state index contributed by atoms with van der Waals surface area (Å²) in [7, 11) is 1.43. The summed E-state index contributed by atoms with van der Waals surface area (Å²) in [4.78, 5) is 32.4. The molecule has 4 rings (SSSR count). The Bertz CT molecular complexity index is 988. The third kappa shape index (κ3) is 2.61. The third-order valence-electron chi connectivity index (χ3n) is 5.32. The summed E-state index contributed by atoms with van der Waals surface area (Å²) in [5, 5.41) is 10.1. The van der Waals surface area contributed by atoms with E-state index in [1.54, 1.807) is 12.4 Å². The number of nitrogens with one attached hydrogen (secondary N) is 3. The molecule has 2 amide bonds. The van der Waals surface area contributed by atoms with Crippen molar-refractivity contribution in [3.63, 3.8) is 0 Å². The second kappa shape index (κ2) is 6.44. The van der Waals surface area contributed by atoms with Crippen LogP contribution < -0.4 is 10.6 Å². The van der Waals surface area contributed by atoms with Crippen molar-refractivity contribution >= 4 is 39.6 Å². The number of rotatable bonds is 2. The molecule has 1 saturated carbocycles. The van der Waals surface area contributed by atoms with E-state index in [0.29, 0.717) is 23.4 Å². The van der Waals surface area contributed by atoms with Crippen LogP contribution in [0.4, 0.5) is 5.82 Å². The number of aromatic amines is 1. The van der Waals surface area contributed by atoms with Crippen LogP contribution in [-0.4, -0.2) is 38.6 Å². The Morgan fingerprint density at radius 3 is 2.77 bits per heavy atom. The fourth-order valence-corrected chi connectivity index (χ4v) is 3.93. The van der Waals surface area contributed by atoms with Crippen molar-refractivity contribution in [2.24, 2.45) is 5.92 Å². The first kappa shape index (κ1) is 16.6. The summed E-state index contributed by atoms with van der Waals surface area (Å²) in [6.07, 6.45) is 8.10. The Hall–Kier alpha value is -2.90. The zero-order chi connectivity index (χ0) is 18.3. The van der Waals surface area contributed by atoms with Gasteiger partial charge in [0.05, 0.1) is 16.9 Å². The predicted molar refractivity (Wildman–Crippen MR) is 98.8 cm³/mol. The third-order valence-corrected chi connectivity index (χ3v) is 5.32. The Kier molecular flexibility index (Phi) is 4.10. The van der Waals surface area contributed by atoms with Gasteiger partial charge in [0.2, 0.25) is 0 Å². The number of nitrogens with zero attached hydrogens (tertiary/aromatic N) is 3. The van der Waals surface area contributed by atoms with Crippen LogP contribution in [0.5, 0.6) is 0 Å². The summed E-state index contributed by atoms with van der Waals surface area (Å²) < 4.78 is 2.13. The van der Waals surface area contributed by atoms with Gasteiger partial charge in [0.1, 0.15) is 5.82 Å². The average Bonchev–Trinajstić information content (AvgIpc) is 3.26. The van der Waals surface area contributed by atoms with Crippen molar-refractivity contribution in [1.29, 1.82) is 0 Å². The lowest BCUT2D eigenvalue weighted by Gasteiger charge is -2.30. The molecular formula is C18H22N6O2. The molecule has 0 bridgehead atoms. The zero-order valence-corrected chi connectivity index (χ0v) is 14.9. The molecule has 0 unspecified atom stereocenters. The highest BCUT2D eigenvalue weighted by molar-refractivity contribution is 6.40. The molecule has 136 valence electrons. The van der Waals surface area contributed by atoms with Crippen molar-refractivity contribution in [2.45, 2.75) is 38.6 Å². The fraction of sp³-hybridized carbons (Fsp3) is 0.444. The van der Waals surface area contributed by atoms with Crippen molar-refractivity contribution in [2.75, 3.05) is 12.4 Å². The Morgan fingerprint density at radius 1 is 1.19 bits per heavy atom. The minimum Gasteiger partial charge on any atom is -0.351 e. The Labute approximate surface area is 150 Å². The van der Waals surface area contributed by atoms with E-state index < -0.39 is 11.8 Å². The maximum Gasteiger partial charge on any atom is 0.314 e. The van der Waals surface area contributed by atoms with Gasteiger partial charge < -0.3 is 10.6 Å². The fourth-order valence-electron chi connectivity index (χ4n) is 3.93. The molecule has 0 saturated heterocycles. The van der Waals surface area contributed by atoms with Crippen LogP contribution in [0.1, 0.15) is 38.6 Å². The van der Waals surface area contributed by atoms with E-state index in [1.807, 2.05) is 6.07 Å². The minimum absolute atomic E-state index is 0.303. The van der Waals surface area contributed by atoms with Gasteiger partial charge in [-0.2, -0.15) is 0 Å². The molecule has 8 nitrogen and oxygen atoms in total. The highest BCUT2D eigenvalue weighted by Crippen LogP contribution is 2.38. The molecule has 1 fully saturated rings. The molecule has 1 aliphatic carbocycles. The number of aromatic nitrogens is 4. The van der Waals surface area contributed by atoms with E-state index in [1.165, 1.54) is 26.3 Å². The van der Waals surface area contributed by atoms with E-state index in [2.05, 4.69) is 37.3 Å². The summed E-state index contributed by atoms with van der Waals surface area (Å²) in [5.41, 5.74) is 1.65. The summed E-state index contributed by atoms with van der Waals surface area (Å²) in [5.74, 6) is -0.388. The molecule has 1 aliphatic rings. The molecule has 0 radical (unpaired) electrons. The number of amides is 2. The molecule has 3 aromatic heterocycles. The van der Waals surface area contributed by atoms with Gasteiger partial charge in [-0.15, -0.1) is 0 Å². The van der Waals surface area contributed by atoms with Crippen molar-refractivity contribution < 1.29 is 9.59 Å². The van der Waals surface area contributed by atoms with Gasteiger partial charge in [-0.3, -0.25) is 19.4 Å². The Balaban J connectivity index is 1.88. The van der Waals surface area contributed by atoms with E-state index in [4.69, 9.17) is 0 Å². The monoisotopic (exact) mass is 354 g/mol. The van der Waals surface area contributed by atoms with Crippen molar-refractivity contribution in [3.05, 3.63) is 18.5 Å². The van der Waals surface area contributed by atoms with Crippen LogP contribution in [0.25, 0.3) is 21.9 Å². The first-order valence-corrected chi connectivity index (χ1v) is 8.97. The quantitative estimate of drug-likeness (QED) is 0.614. The number of H-pyrrole nitrogens is 1. The molecule has 2 atom stereocenters. The second-order valence-corrected chi connectivity index (χ2v) is 6.92. The topological polar surface area (TPSA) is 105 Å². The number of carbonyl (C=O) groups excluding carboxylic acids is 2.